The number of hydrogen-bond acceptors (Lipinski definition) is 1. The zero-order valence-electron chi connectivity index (χ0n) is 7.93. The van der Waals surface area contributed by atoms with Gasteiger partial charge in [-0.05, 0) is 37.8 Å². The Labute approximate surface area is 93.7 Å². The Morgan fingerprint density at radius 2 is 2.00 bits per heavy atom. The van der Waals surface area contributed by atoms with E-state index in [1.165, 1.54) is 0 Å². The fraction of sp³-hybridized carbons (Fsp3) is 0.455. The van der Waals surface area contributed by atoms with Crippen LogP contribution >= 0.6 is 23.2 Å². The van der Waals surface area contributed by atoms with Crippen molar-refractivity contribution in [2.24, 2.45) is 5.92 Å². The molecule has 76 valence electrons. The van der Waals surface area contributed by atoms with Crippen LogP contribution in [0.15, 0.2) is 18.2 Å². The number of rotatable bonds is 2. The normalized spacial score (nSPS) is 20.6. The van der Waals surface area contributed by atoms with Gasteiger partial charge in [-0.3, -0.25) is 0 Å². The maximum Gasteiger partial charge on any atom is 0.0910 e. The lowest BCUT2D eigenvalue weighted by molar-refractivity contribution is 0.0332. The van der Waals surface area contributed by atoms with Gasteiger partial charge in [-0.25, -0.2) is 0 Å². The molecule has 0 aliphatic heterocycles. The summed E-state index contributed by atoms with van der Waals surface area (Å²) in [6.45, 7) is 1.82. The Hall–Kier alpha value is -0.240. The van der Waals surface area contributed by atoms with Crippen LogP contribution in [0.25, 0.3) is 0 Å². The number of aliphatic hydroxyl groups is 1. The predicted molar refractivity (Wildman–Crippen MR) is 58.8 cm³/mol. The molecule has 0 saturated heterocycles. The molecule has 0 spiro atoms. The van der Waals surface area contributed by atoms with Crippen LogP contribution in [0.2, 0.25) is 10.0 Å². The van der Waals surface area contributed by atoms with E-state index in [1.54, 1.807) is 12.1 Å². The zero-order chi connectivity index (χ0) is 10.3. The smallest absolute Gasteiger partial charge is 0.0910 e. The molecular weight excluding hydrogens is 219 g/mol. The van der Waals surface area contributed by atoms with Gasteiger partial charge in [0.25, 0.3) is 0 Å². The van der Waals surface area contributed by atoms with Crippen molar-refractivity contribution >= 4 is 23.2 Å². The molecule has 0 heterocycles. The minimum Gasteiger partial charge on any atom is -0.385 e. The first-order valence-corrected chi connectivity index (χ1v) is 5.45. The Bertz CT molecular complexity index is 356. The van der Waals surface area contributed by atoms with Crippen LogP contribution in [0.1, 0.15) is 25.3 Å². The lowest BCUT2D eigenvalue weighted by atomic mass is 9.91. The third-order valence-electron chi connectivity index (χ3n) is 2.85. The third-order valence-corrected chi connectivity index (χ3v) is 3.40. The standard InChI is InChI=1S/C11H12Cl2O/c1-11(14,7-2-3-7)9-5-4-8(12)6-10(9)13/h4-7,14H,2-3H2,1H3. The summed E-state index contributed by atoms with van der Waals surface area (Å²) >= 11 is 11.8. The van der Waals surface area contributed by atoms with E-state index in [0.29, 0.717) is 16.0 Å². The molecule has 2 rings (SSSR count). The van der Waals surface area contributed by atoms with Crippen molar-refractivity contribution in [3.8, 4) is 0 Å². The topological polar surface area (TPSA) is 20.2 Å². The molecule has 3 heteroatoms. The molecule has 1 aromatic rings. The Morgan fingerprint density at radius 3 is 2.50 bits per heavy atom. The molecule has 1 aliphatic carbocycles. The minimum absolute atomic E-state index is 0.348. The van der Waals surface area contributed by atoms with E-state index < -0.39 is 5.60 Å². The van der Waals surface area contributed by atoms with Gasteiger partial charge in [0.2, 0.25) is 0 Å². The largest absolute Gasteiger partial charge is 0.385 e. The van der Waals surface area contributed by atoms with Crippen LogP contribution in [-0.2, 0) is 5.60 Å². The van der Waals surface area contributed by atoms with Crippen molar-refractivity contribution in [1.29, 1.82) is 0 Å². The van der Waals surface area contributed by atoms with E-state index >= 15 is 0 Å². The number of hydrogen-bond donors (Lipinski definition) is 1. The van der Waals surface area contributed by atoms with Crippen molar-refractivity contribution < 1.29 is 5.11 Å². The zero-order valence-corrected chi connectivity index (χ0v) is 9.44. The van der Waals surface area contributed by atoms with Crippen molar-refractivity contribution in [3.63, 3.8) is 0 Å². The highest BCUT2D eigenvalue weighted by atomic mass is 35.5. The highest BCUT2D eigenvalue weighted by molar-refractivity contribution is 6.35. The predicted octanol–water partition coefficient (Wildman–Crippen LogP) is 3.61. The molecule has 1 saturated carbocycles. The maximum absolute atomic E-state index is 10.3. The molecule has 0 bridgehead atoms. The summed E-state index contributed by atoms with van der Waals surface area (Å²) < 4.78 is 0. The van der Waals surface area contributed by atoms with Gasteiger partial charge in [-0.2, -0.15) is 0 Å². The average molecular weight is 231 g/mol. The van der Waals surface area contributed by atoms with Gasteiger partial charge >= 0.3 is 0 Å². The van der Waals surface area contributed by atoms with Crippen molar-refractivity contribution in [2.45, 2.75) is 25.4 Å². The van der Waals surface area contributed by atoms with Gasteiger partial charge in [0.05, 0.1) is 5.60 Å². The average Bonchev–Trinajstić information content (AvgIpc) is 2.84. The molecule has 1 aromatic carbocycles. The van der Waals surface area contributed by atoms with Gasteiger partial charge in [-0.15, -0.1) is 0 Å². The van der Waals surface area contributed by atoms with E-state index in [4.69, 9.17) is 23.2 Å². The molecule has 0 amide bonds. The van der Waals surface area contributed by atoms with Crippen LogP contribution in [0.5, 0.6) is 0 Å². The third kappa shape index (κ3) is 1.77. The molecule has 14 heavy (non-hydrogen) atoms. The first kappa shape index (κ1) is 10.3. The quantitative estimate of drug-likeness (QED) is 0.824. The molecule has 1 atom stereocenters. The van der Waals surface area contributed by atoms with E-state index in [1.807, 2.05) is 13.0 Å². The van der Waals surface area contributed by atoms with Crippen LogP contribution in [-0.4, -0.2) is 5.11 Å². The van der Waals surface area contributed by atoms with E-state index in [2.05, 4.69) is 0 Å². The summed E-state index contributed by atoms with van der Waals surface area (Å²) in [7, 11) is 0. The molecule has 0 aromatic heterocycles. The lowest BCUT2D eigenvalue weighted by Gasteiger charge is -2.24. The molecule has 1 N–H and O–H groups in total. The first-order valence-electron chi connectivity index (χ1n) is 4.69. The van der Waals surface area contributed by atoms with Gasteiger partial charge in [-0.1, -0.05) is 29.3 Å². The molecule has 1 aliphatic rings. The Balaban J connectivity index is 2.40. The van der Waals surface area contributed by atoms with Crippen molar-refractivity contribution in [1.82, 2.24) is 0 Å². The monoisotopic (exact) mass is 230 g/mol. The molecule has 1 fully saturated rings. The summed E-state index contributed by atoms with van der Waals surface area (Å²) in [5.74, 6) is 0.348. The maximum atomic E-state index is 10.3. The second kappa shape index (κ2) is 3.41. The highest BCUT2D eigenvalue weighted by Crippen LogP contribution is 2.47. The Kier molecular flexibility index (Phi) is 2.50. The molecule has 1 nitrogen and oxygen atoms in total. The van der Waals surface area contributed by atoms with Crippen LogP contribution < -0.4 is 0 Å². The van der Waals surface area contributed by atoms with Crippen LogP contribution in [0.3, 0.4) is 0 Å². The molecular formula is C11H12Cl2O. The highest BCUT2D eigenvalue weighted by Gasteiger charge is 2.42. The summed E-state index contributed by atoms with van der Waals surface area (Å²) in [4.78, 5) is 0. The van der Waals surface area contributed by atoms with E-state index in [9.17, 15) is 5.11 Å². The van der Waals surface area contributed by atoms with E-state index in [0.717, 1.165) is 18.4 Å². The summed E-state index contributed by atoms with van der Waals surface area (Å²) in [5, 5.41) is 11.4. The van der Waals surface area contributed by atoms with Crippen molar-refractivity contribution in [3.05, 3.63) is 33.8 Å². The lowest BCUT2D eigenvalue weighted by Crippen LogP contribution is -2.24. The van der Waals surface area contributed by atoms with Gasteiger partial charge in [0, 0.05) is 15.6 Å². The fourth-order valence-electron chi connectivity index (χ4n) is 1.77. The summed E-state index contributed by atoms with van der Waals surface area (Å²) in [6, 6.07) is 5.25. The SMILES string of the molecule is CC(O)(c1ccc(Cl)cc1Cl)C1CC1. The second-order valence-electron chi connectivity index (χ2n) is 4.05. The van der Waals surface area contributed by atoms with Crippen molar-refractivity contribution in [2.75, 3.05) is 0 Å². The van der Waals surface area contributed by atoms with Gasteiger partial charge in [0.1, 0.15) is 0 Å². The number of benzene rings is 1. The first-order chi connectivity index (χ1) is 6.51. The summed E-state index contributed by atoms with van der Waals surface area (Å²) in [6.07, 6.45) is 2.15. The fourth-order valence-corrected chi connectivity index (χ4v) is 2.37. The summed E-state index contributed by atoms with van der Waals surface area (Å²) in [5.41, 5.74) is -0.0205. The number of halogens is 2. The van der Waals surface area contributed by atoms with E-state index in [-0.39, 0.29) is 0 Å². The van der Waals surface area contributed by atoms with Crippen LogP contribution in [0.4, 0.5) is 0 Å². The molecule has 0 radical (unpaired) electrons. The Morgan fingerprint density at radius 1 is 1.36 bits per heavy atom. The van der Waals surface area contributed by atoms with Gasteiger partial charge in [0.15, 0.2) is 0 Å². The second-order valence-corrected chi connectivity index (χ2v) is 4.89. The minimum atomic E-state index is -0.804. The van der Waals surface area contributed by atoms with Crippen LogP contribution in [0, 0.1) is 5.92 Å². The van der Waals surface area contributed by atoms with Gasteiger partial charge < -0.3 is 5.11 Å². The molecule has 1 unspecified atom stereocenters.